The standard InChI is InChI=1S/C36H45FN4O13/c1-36(2,3)54-35(45)40-32(34(43)44)22-8-10-30(50-6)31(17-22)53-25-16-23(15-24(18-25)49-5)28(19-52-20-51-12-11-48-4)39-33(42)27(38)13-21-7-9-26(37)29(14-21)41(46)47/h7-10,14-18,27-28,32H,11-13,19-20,38H2,1-6H3,(H,39,42)(H,40,45)(H,43,44)/t27-,28-,32-/m1/s1. The van der Waals surface area contributed by atoms with Crippen LogP contribution in [0.2, 0.25) is 0 Å². The van der Waals surface area contributed by atoms with Crippen molar-refractivity contribution in [2.45, 2.75) is 50.9 Å². The summed E-state index contributed by atoms with van der Waals surface area (Å²) in [6.45, 7) is 5.21. The summed E-state index contributed by atoms with van der Waals surface area (Å²) in [7, 11) is 4.32. The summed E-state index contributed by atoms with van der Waals surface area (Å²) >= 11 is 0. The van der Waals surface area contributed by atoms with Crippen molar-refractivity contribution in [1.29, 1.82) is 0 Å². The third-order valence-corrected chi connectivity index (χ3v) is 7.40. The van der Waals surface area contributed by atoms with Gasteiger partial charge < -0.3 is 54.6 Å². The molecule has 0 bridgehead atoms. The smallest absolute Gasteiger partial charge is 0.408 e. The largest absolute Gasteiger partial charge is 0.497 e. The number of hydrogen-bond donors (Lipinski definition) is 4. The van der Waals surface area contributed by atoms with Gasteiger partial charge in [0.25, 0.3) is 0 Å². The van der Waals surface area contributed by atoms with Crippen LogP contribution in [-0.4, -0.2) is 87.6 Å². The molecule has 0 aliphatic rings. The van der Waals surface area contributed by atoms with Crippen LogP contribution in [0, 0.1) is 15.9 Å². The Morgan fingerprint density at radius 2 is 1.63 bits per heavy atom. The zero-order chi connectivity index (χ0) is 40.0. The first-order valence-electron chi connectivity index (χ1n) is 16.5. The topological polar surface area (TPSA) is 229 Å². The fourth-order valence-electron chi connectivity index (χ4n) is 4.86. The molecule has 5 N–H and O–H groups in total. The van der Waals surface area contributed by atoms with Crippen LogP contribution in [0.3, 0.4) is 0 Å². The van der Waals surface area contributed by atoms with Crippen LogP contribution >= 0.6 is 0 Å². The van der Waals surface area contributed by atoms with Gasteiger partial charge in [-0.2, -0.15) is 4.39 Å². The Hall–Kier alpha value is -5.56. The third-order valence-electron chi connectivity index (χ3n) is 7.40. The van der Waals surface area contributed by atoms with E-state index in [1.807, 2.05) is 0 Å². The van der Waals surface area contributed by atoms with E-state index >= 15 is 0 Å². The number of nitro benzene ring substituents is 1. The molecule has 0 unspecified atom stereocenters. The number of nitrogens with zero attached hydrogens (tertiary/aromatic N) is 1. The molecule has 0 aliphatic heterocycles. The summed E-state index contributed by atoms with van der Waals surface area (Å²) in [6.07, 6.45) is -1.09. The van der Waals surface area contributed by atoms with Crippen LogP contribution in [-0.2, 0) is 35.0 Å². The van der Waals surface area contributed by atoms with Gasteiger partial charge in [-0.15, -0.1) is 0 Å². The Bertz CT molecular complexity index is 1770. The quantitative estimate of drug-likeness (QED) is 0.0536. The Labute approximate surface area is 310 Å². The van der Waals surface area contributed by atoms with Crippen molar-refractivity contribution in [1.82, 2.24) is 10.6 Å². The molecule has 3 aromatic rings. The number of carbonyl (C=O) groups excluding carboxylic acids is 2. The lowest BCUT2D eigenvalue weighted by Gasteiger charge is -2.23. The van der Waals surface area contributed by atoms with E-state index in [2.05, 4.69) is 10.6 Å². The molecule has 0 fully saturated rings. The van der Waals surface area contributed by atoms with Crippen LogP contribution in [0.1, 0.15) is 49.5 Å². The number of methoxy groups -OCH3 is 3. The Morgan fingerprint density at radius 1 is 0.907 bits per heavy atom. The van der Waals surface area contributed by atoms with E-state index < -0.39 is 58.1 Å². The van der Waals surface area contributed by atoms with Crippen molar-refractivity contribution in [3.63, 3.8) is 0 Å². The number of hydrogen-bond acceptors (Lipinski definition) is 13. The second kappa shape index (κ2) is 20.0. The van der Waals surface area contributed by atoms with Gasteiger partial charge >= 0.3 is 17.7 Å². The molecule has 0 spiro atoms. The number of carboxylic acid groups (broad SMARTS) is 1. The molecule has 0 heterocycles. The van der Waals surface area contributed by atoms with Crippen LogP contribution < -0.4 is 30.6 Å². The van der Waals surface area contributed by atoms with E-state index in [9.17, 15) is 34.0 Å². The molecule has 54 heavy (non-hydrogen) atoms. The minimum atomic E-state index is -1.51. The van der Waals surface area contributed by atoms with Gasteiger partial charge in [0.2, 0.25) is 11.7 Å². The van der Waals surface area contributed by atoms with Crippen LogP contribution in [0.25, 0.3) is 0 Å². The molecule has 3 rings (SSSR count). The van der Waals surface area contributed by atoms with Crippen molar-refractivity contribution in [3.8, 4) is 23.0 Å². The molecule has 0 aliphatic carbocycles. The first-order valence-corrected chi connectivity index (χ1v) is 16.5. The summed E-state index contributed by atoms with van der Waals surface area (Å²) < 4.78 is 52.3. The zero-order valence-electron chi connectivity index (χ0n) is 30.7. The molecule has 3 atom stereocenters. The maximum Gasteiger partial charge on any atom is 0.408 e. The highest BCUT2D eigenvalue weighted by Gasteiger charge is 2.28. The van der Waals surface area contributed by atoms with Crippen molar-refractivity contribution < 1.29 is 62.0 Å². The van der Waals surface area contributed by atoms with Gasteiger partial charge in [-0.05, 0) is 74.2 Å². The number of nitrogens with two attached hydrogens (primary N) is 1. The SMILES string of the molecule is COCCOCOC[C@@H](NC(=O)[C@H](N)Cc1ccc(F)c([N+](=O)[O-])c1)c1cc(OC)cc(Oc2cc([C@@H](NC(=O)OC(C)(C)C)C(=O)O)ccc2OC)c1. The van der Waals surface area contributed by atoms with E-state index in [0.717, 1.165) is 12.1 Å². The molecule has 18 heteroatoms. The van der Waals surface area contributed by atoms with Gasteiger partial charge in [0.1, 0.15) is 23.9 Å². The molecule has 0 radical (unpaired) electrons. The molecular weight excluding hydrogens is 715 g/mol. The number of rotatable bonds is 20. The first kappa shape index (κ1) is 42.8. The van der Waals surface area contributed by atoms with Gasteiger partial charge in [-0.3, -0.25) is 14.9 Å². The minimum absolute atomic E-state index is 0.0743. The van der Waals surface area contributed by atoms with E-state index in [4.69, 9.17) is 38.9 Å². The lowest BCUT2D eigenvalue weighted by molar-refractivity contribution is -0.387. The third kappa shape index (κ3) is 13.1. The first-order chi connectivity index (χ1) is 25.5. The Morgan fingerprint density at radius 3 is 2.26 bits per heavy atom. The average molecular weight is 761 g/mol. The van der Waals surface area contributed by atoms with Crippen molar-refractivity contribution in [3.05, 3.63) is 87.2 Å². The van der Waals surface area contributed by atoms with Crippen LogP contribution in [0.5, 0.6) is 23.0 Å². The average Bonchev–Trinajstić information content (AvgIpc) is 3.11. The zero-order valence-corrected chi connectivity index (χ0v) is 30.7. The number of alkyl carbamates (subject to hydrolysis) is 1. The lowest BCUT2D eigenvalue weighted by Crippen LogP contribution is -2.44. The molecule has 0 saturated carbocycles. The number of carboxylic acids is 1. The van der Waals surface area contributed by atoms with Gasteiger partial charge in [-0.1, -0.05) is 12.1 Å². The number of ether oxygens (including phenoxy) is 7. The predicted octanol–water partition coefficient (Wildman–Crippen LogP) is 4.56. The molecule has 3 aromatic carbocycles. The number of carbonyl (C=O) groups is 3. The number of nitrogens with one attached hydrogen (secondary N) is 2. The van der Waals surface area contributed by atoms with Crippen molar-refractivity contribution in [2.75, 3.05) is 47.9 Å². The fourth-order valence-corrected chi connectivity index (χ4v) is 4.86. The van der Waals surface area contributed by atoms with E-state index in [0.29, 0.717) is 17.9 Å². The van der Waals surface area contributed by atoms with E-state index in [-0.39, 0.29) is 54.8 Å². The van der Waals surface area contributed by atoms with E-state index in [1.165, 1.54) is 51.7 Å². The summed E-state index contributed by atoms with van der Waals surface area (Å²) in [6, 6.07) is 8.64. The van der Waals surface area contributed by atoms with Gasteiger partial charge in [0.15, 0.2) is 17.5 Å². The highest BCUT2D eigenvalue weighted by molar-refractivity contribution is 5.83. The van der Waals surface area contributed by atoms with Gasteiger partial charge in [-0.25, -0.2) is 9.59 Å². The highest BCUT2D eigenvalue weighted by Crippen LogP contribution is 2.37. The number of halogens is 1. The normalized spacial score (nSPS) is 12.9. The lowest BCUT2D eigenvalue weighted by atomic mass is 10.0. The molecule has 0 saturated heterocycles. The summed E-state index contributed by atoms with van der Waals surface area (Å²) in [5, 5.41) is 26.3. The Kier molecular flexibility index (Phi) is 15.9. The van der Waals surface area contributed by atoms with Crippen molar-refractivity contribution in [2.24, 2.45) is 5.73 Å². The highest BCUT2D eigenvalue weighted by atomic mass is 19.1. The van der Waals surface area contributed by atoms with E-state index in [1.54, 1.807) is 32.9 Å². The monoisotopic (exact) mass is 760 g/mol. The number of benzene rings is 3. The van der Waals surface area contributed by atoms with Crippen LogP contribution in [0.15, 0.2) is 54.6 Å². The van der Waals surface area contributed by atoms with Crippen molar-refractivity contribution >= 4 is 23.7 Å². The van der Waals surface area contributed by atoms with Gasteiger partial charge in [0.05, 0.1) is 51.0 Å². The number of aliphatic carboxylic acids is 1. The maximum atomic E-state index is 13.9. The summed E-state index contributed by atoms with van der Waals surface area (Å²) in [5.74, 6) is -2.28. The molecule has 17 nitrogen and oxygen atoms in total. The predicted molar refractivity (Wildman–Crippen MR) is 190 cm³/mol. The molecule has 294 valence electrons. The maximum absolute atomic E-state index is 13.9. The number of amides is 2. The van der Waals surface area contributed by atoms with Gasteiger partial charge in [0, 0.05) is 19.2 Å². The fraction of sp³-hybridized carbons (Fsp3) is 0.417. The second-order valence-corrected chi connectivity index (χ2v) is 12.7. The van der Waals surface area contributed by atoms with Crippen LogP contribution in [0.4, 0.5) is 14.9 Å². The molecular formula is C36H45FN4O13. The summed E-state index contributed by atoms with van der Waals surface area (Å²) in [5.41, 5.74) is 5.40. The Balaban J connectivity index is 1.94. The minimum Gasteiger partial charge on any atom is -0.497 e. The number of nitro groups is 1. The summed E-state index contributed by atoms with van der Waals surface area (Å²) in [4.78, 5) is 48.4. The second-order valence-electron chi connectivity index (χ2n) is 12.7. The molecule has 2 amide bonds. The molecule has 0 aromatic heterocycles.